The smallest absolute Gasteiger partial charge is 0.335 e. The molecule has 2 aromatic rings. The van der Waals surface area contributed by atoms with Crippen molar-refractivity contribution in [1.82, 2.24) is 15.2 Å². The number of fused-ring (bicyclic) bond motifs is 3. The van der Waals surface area contributed by atoms with E-state index >= 15 is 0 Å². The van der Waals surface area contributed by atoms with Crippen LogP contribution in [-0.4, -0.2) is 40.6 Å². The molecule has 1 atom stereocenters. The third-order valence-corrected chi connectivity index (χ3v) is 5.81. The van der Waals surface area contributed by atoms with Crippen LogP contribution in [0.5, 0.6) is 0 Å². The number of ether oxygens (including phenoxy) is 1. The number of hydrogen-bond donors (Lipinski definition) is 1. The quantitative estimate of drug-likeness (QED) is 0.698. The summed E-state index contributed by atoms with van der Waals surface area (Å²) in [5, 5.41) is 14.2. The fraction of sp³-hybridized carbons (Fsp3) is 0.261. The number of aromatic nitrogens is 3. The third-order valence-electron chi connectivity index (χ3n) is 5.81. The minimum Gasteiger partial charge on any atom is -0.452 e. The Labute approximate surface area is 187 Å². The number of hydroxylamine groups is 3. The van der Waals surface area contributed by atoms with E-state index < -0.39 is 0 Å². The van der Waals surface area contributed by atoms with Gasteiger partial charge in [-0.2, -0.15) is 9.94 Å². The van der Waals surface area contributed by atoms with Gasteiger partial charge < -0.3 is 10.1 Å². The van der Waals surface area contributed by atoms with Crippen LogP contribution in [0.15, 0.2) is 66.0 Å². The molecule has 1 N–H and O–H groups in total. The van der Waals surface area contributed by atoms with Gasteiger partial charge in [-0.15, -0.1) is 17.5 Å². The van der Waals surface area contributed by atoms with Crippen LogP contribution in [0, 0.1) is 0 Å². The number of methoxy groups -OCH3 is 1. The van der Waals surface area contributed by atoms with E-state index in [-0.39, 0.29) is 17.1 Å². The molecular formula is C23H25ClN5O2+. The lowest BCUT2D eigenvalue weighted by atomic mass is 9.91. The Balaban J connectivity index is 0.00000231. The summed E-state index contributed by atoms with van der Waals surface area (Å²) in [6.07, 6.45) is 16.8. The highest BCUT2D eigenvalue weighted by atomic mass is 35.5. The number of allylic oxidation sites excluding steroid dienone is 3. The van der Waals surface area contributed by atoms with E-state index in [2.05, 4.69) is 38.7 Å². The van der Waals surface area contributed by atoms with Crippen molar-refractivity contribution in [3.8, 4) is 0 Å². The minimum atomic E-state index is 0. The van der Waals surface area contributed by atoms with Gasteiger partial charge in [-0.1, -0.05) is 16.8 Å². The topological polar surface area (TPSA) is 69.2 Å². The minimum absolute atomic E-state index is 0. The Hall–Kier alpha value is -3.00. The molecule has 0 bridgehead atoms. The van der Waals surface area contributed by atoms with Crippen molar-refractivity contribution in [3.63, 3.8) is 0 Å². The van der Waals surface area contributed by atoms with Crippen molar-refractivity contribution >= 4 is 30.1 Å². The van der Waals surface area contributed by atoms with Gasteiger partial charge in [0.15, 0.2) is 17.7 Å². The second kappa shape index (κ2) is 8.63. The molecule has 2 aromatic heterocycles. The predicted octanol–water partition coefficient (Wildman–Crippen LogP) is 2.33. The maximum Gasteiger partial charge on any atom is 0.335 e. The molecule has 1 aliphatic carbocycles. The molecule has 0 fully saturated rings. The maximum atomic E-state index is 6.06. The summed E-state index contributed by atoms with van der Waals surface area (Å²) in [5.41, 5.74) is 4.68. The fourth-order valence-electron chi connectivity index (χ4n) is 4.40. The van der Waals surface area contributed by atoms with E-state index in [4.69, 9.17) is 9.57 Å². The molecule has 4 heterocycles. The summed E-state index contributed by atoms with van der Waals surface area (Å²) in [5.74, 6) is 1.49. The lowest BCUT2D eigenvalue weighted by Gasteiger charge is -2.34. The predicted molar refractivity (Wildman–Crippen MR) is 121 cm³/mol. The van der Waals surface area contributed by atoms with Crippen molar-refractivity contribution in [3.05, 3.63) is 82.0 Å². The van der Waals surface area contributed by atoms with Crippen LogP contribution in [0.4, 0.5) is 5.82 Å². The summed E-state index contributed by atoms with van der Waals surface area (Å²) in [4.78, 5) is 10.1. The van der Waals surface area contributed by atoms with E-state index in [1.807, 2.05) is 30.7 Å². The average Bonchev–Trinajstić information content (AvgIpc) is 3.16. The normalized spacial score (nSPS) is 20.7. The first-order valence-electron chi connectivity index (χ1n) is 10.1. The van der Waals surface area contributed by atoms with Crippen molar-refractivity contribution in [2.45, 2.75) is 19.3 Å². The van der Waals surface area contributed by atoms with E-state index in [0.717, 1.165) is 53.6 Å². The lowest BCUT2D eigenvalue weighted by molar-refractivity contribution is -0.962. The standard InChI is InChI=1S/C23H24N5O2.ClH/c1-29-20-13-17-5-3-4-6-19(17)22-21-18(15-28(20,22)30-2)14-26-27-23(21)25-12-9-16-7-10-24-11-8-16;/h4,6-8,10-11,13-15H,3,5,9,12H2,1-2H3,(H,25,27);1H/q+1;. The highest BCUT2D eigenvalue weighted by Gasteiger charge is 2.49. The Morgan fingerprint density at radius 2 is 2.03 bits per heavy atom. The molecule has 0 spiro atoms. The molecule has 3 aliphatic rings. The highest BCUT2D eigenvalue weighted by molar-refractivity contribution is 5.85. The number of anilines is 1. The van der Waals surface area contributed by atoms with Gasteiger partial charge in [0.05, 0.1) is 30.9 Å². The number of rotatable bonds is 6. The largest absolute Gasteiger partial charge is 0.452 e. The van der Waals surface area contributed by atoms with Gasteiger partial charge in [-0.25, -0.2) is 0 Å². The van der Waals surface area contributed by atoms with Crippen molar-refractivity contribution in [2.75, 3.05) is 26.1 Å². The first-order chi connectivity index (χ1) is 14.8. The van der Waals surface area contributed by atoms with Crippen molar-refractivity contribution in [2.24, 2.45) is 0 Å². The van der Waals surface area contributed by atoms with Crippen LogP contribution >= 0.6 is 12.4 Å². The molecule has 8 heteroatoms. The molecule has 7 nitrogen and oxygen atoms in total. The summed E-state index contributed by atoms with van der Waals surface area (Å²) in [7, 11) is 3.39. The molecule has 5 rings (SSSR count). The molecule has 2 aliphatic heterocycles. The van der Waals surface area contributed by atoms with Gasteiger partial charge in [-0.3, -0.25) is 4.98 Å². The molecule has 0 aromatic carbocycles. The van der Waals surface area contributed by atoms with E-state index in [9.17, 15) is 0 Å². The molecule has 0 radical (unpaired) electrons. The van der Waals surface area contributed by atoms with E-state index in [1.54, 1.807) is 20.4 Å². The van der Waals surface area contributed by atoms with Crippen LogP contribution in [-0.2, 0) is 16.0 Å². The lowest BCUT2D eigenvalue weighted by Crippen LogP contribution is -2.42. The summed E-state index contributed by atoms with van der Waals surface area (Å²) in [6, 6.07) is 4.05. The first-order valence-corrected chi connectivity index (χ1v) is 10.1. The Morgan fingerprint density at radius 3 is 2.81 bits per heavy atom. The van der Waals surface area contributed by atoms with Crippen molar-refractivity contribution in [1.29, 1.82) is 0 Å². The van der Waals surface area contributed by atoms with Gasteiger partial charge >= 0.3 is 5.88 Å². The molecule has 0 amide bonds. The van der Waals surface area contributed by atoms with Crippen LogP contribution in [0.3, 0.4) is 0 Å². The van der Waals surface area contributed by atoms with Gasteiger partial charge in [0.25, 0.3) is 0 Å². The van der Waals surface area contributed by atoms with E-state index in [0.29, 0.717) is 0 Å². The zero-order valence-corrected chi connectivity index (χ0v) is 18.4. The monoisotopic (exact) mass is 438 g/mol. The van der Waals surface area contributed by atoms with Gasteiger partial charge in [0.1, 0.15) is 0 Å². The van der Waals surface area contributed by atoms with Crippen molar-refractivity contribution < 1.29 is 14.2 Å². The Morgan fingerprint density at radius 1 is 1.19 bits per heavy atom. The number of pyridine rings is 1. The number of nitrogens with zero attached hydrogens (tertiary/aromatic N) is 4. The fourth-order valence-corrected chi connectivity index (χ4v) is 4.40. The molecule has 1 unspecified atom stereocenters. The van der Waals surface area contributed by atoms with E-state index in [1.165, 1.54) is 16.7 Å². The zero-order chi connectivity index (χ0) is 20.6. The van der Waals surface area contributed by atoms with Crippen LogP contribution in [0.2, 0.25) is 0 Å². The molecule has 160 valence electrons. The highest BCUT2D eigenvalue weighted by Crippen LogP contribution is 2.43. The first kappa shape index (κ1) is 21.2. The average molecular weight is 439 g/mol. The number of nitrogens with one attached hydrogen (secondary N) is 1. The SMILES string of the molecule is COC1=CC2=C(C=CCC2)C2=c3c(NCCc4ccncc4)nncc3=C[N+]12OC.Cl. The Bertz CT molecular complexity index is 1210. The van der Waals surface area contributed by atoms with Crippen LogP contribution in [0.1, 0.15) is 18.4 Å². The number of halogens is 1. The molecule has 0 saturated carbocycles. The van der Waals surface area contributed by atoms with Gasteiger partial charge in [0, 0.05) is 30.6 Å². The summed E-state index contributed by atoms with van der Waals surface area (Å²) in [6.45, 7) is 0.740. The third kappa shape index (κ3) is 3.44. The van der Waals surface area contributed by atoms with Gasteiger partial charge in [-0.05, 0) is 42.5 Å². The molecular weight excluding hydrogens is 414 g/mol. The van der Waals surface area contributed by atoms with Crippen LogP contribution < -0.4 is 15.8 Å². The number of hydrogen-bond acceptors (Lipinski definition) is 6. The zero-order valence-electron chi connectivity index (χ0n) is 17.5. The maximum absolute atomic E-state index is 6.06. The second-order valence-corrected chi connectivity index (χ2v) is 7.44. The molecule has 31 heavy (non-hydrogen) atoms. The number of quaternary nitrogens is 1. The summed E-state index contributed by atoms with van der Waals surface area (Å²) < 4.78 is 5.86. The Kier molecular flexibility index (Phi) is 5.91. The summed E-state index contributed by atoms with van der Waals surface area (Å²) >= 11 is 0. The van der Waals surface area contributed by atoms with Crippen LogP contribution in [0.25, 0.3) is 11.9 Å². The second-order valence-electron chi connectivity index (χ2n) is 7.44. The van der Waals surface area contributed by atoms with Gasteiger partial charge in [0.2, 0.25) is 0 Å². The molecule has 0 saturated heterocycles.